The van der Waals surface area contributed by atoms with Crippen molar-refractivity contribution < 1.29 is 0 Å². The van der Waals surface area contributed by atoms with Gasteiger partial charge in [0.25, 0.3) is 0 Å². The van der Waals surface area contributed by atoms with Gasteiger partial charge in [0.05, 0.1) is 0 Å². The first-order valence-electron chi connectivity index (χ1n) is 6.37. The van der Waals surface area contributed by atoms with Crippen molar-refractivity contribution in [2.24, 2.45) is 0 Å². The van der Waals surface area contributed by atoms with Gasteiger partial charge in [0, 0.05) is 16.6 Å². The van der Waals surface area contributed by atoms with Gasteiger partial charge in [0.15, 0.2) is 0 Å². The lowest BCUT2D eigenvalue weighted by Gasteiger charge is -2.11. The number of nitrogens with one attached hydrogen (secondary N) is 1. The Hall–Kier alpha value is -2.02. The number of hydrogen-bond donors (Lipinski definition) is 1. The Morgan fingerprint density at radius 1 is 1.28 bits per heavy atom. The van der Waals surface area contributed by atoms with Crippen LogP contribution in [0.25, 0.3) is 12.2 Å². The zero-order valence-corrected chi connectivity index (χ0v) is 10.8. The Morgan fingerprint density at radius 3 is 2.83 bits per heavy atom. The van der Waals surface area contributed by atoms with Gasteiger partial charge in [0.1, 0.15) is 0 Å². The van der Waals surface area contributed by atoms with Crippen molar-refractivity contribution in [1.29, 1.82) is 0 Å². The highest BCUT2D eigenvalue weighted by Crippen LogP contribution is 2.11. The summed E-state index contributed by atoms with van der Waals surface area (Å²) in [6.45, 7) is 5.85. The molecule has 0 heterocycles. The maximum atomic E-state index is 3.79. The highest BCUT2D eigenvalue weighted by Gasteiger charge is 2.00. The molecule has 1 aliphatic carbocycles. The van der Waals surface area contributed by atoms with Gasteiger partial charge in [-0.25, -0.2) is 0 Å². The van der Waals surface area contributed by atoms with Gasteiger partial charge >= 0.3 is 0 Å². The molecule has 0 atom stereocenters. The molecule has 92 valence electrons. The number of hydrogen-bond acceptors (Lipinski definition) is 1. The molecule has 0 radical (unpaired) electrons. The molecule has 1 N–H and O–H groups in total. The Kier molecular flexibility index (Phi) is 4.19. The van der Waals surface area contributed by atoms with Gasteiger partial charge in [0.2, 0.25) is 0 Å². The first kappa shape index (κ1) is 12.4. The molecular formula is C17H19N. The third kappa shape index (κ3) is 2.80. The van der Waals surface area contributed by atoms with Crippen molar-refractivity contribution in [3.05, 3.63) is 65.2 Å². The smallest absolute Gasteiger partial charge is 0.0463 e. The molecule has 1 aliphatic rings. The first-order valence-corrected chi connectivity index (χ1v) is 6.37. The number of benzene rings is 1. The van der Waals surface area contributed by atoms with E-state index in [4.69, 9.17) is 0 Å². The lowest BCUT2D eigenvalue weighted by molar-refractivity contribution is 1.02. The van der Waals surface area contributed by atoms with Crippen molar-refractivity contribution in [2.45, 2.75) is 19.8 Å². The predicted octanol–water partition coefficient (Wildman–Crippen LogP) is 3.10. The summed E-state index contributed by atoms with van der Waals surface area (Å²) in [5.74, 6) is 0. The molecule has 18 heavy (non-hydrogen) atoms. The summed E-state index contributed by atoms with van der Waals surface area (Å²) in [6, 6.07) is 6.29. The predicted molar refractivity (Wildman–Crippen MR) is 80.6 cm³/mol. The topological polar surface area (TPSA) is 12.0 Å². The van der Waals surface area contributed by atoms with E-state index in [0.717, 1.165) is 18.5 Å². The fourth-order valence-corrected chi connectivity index (χ4v) is 2.11. The molecule has 0 saturated heterocycles. The number of allylic oxidation sites excluding steroid dienone is 4. The molecule has 1 heteroatoms. The van der Waals surface area contributed by atoms with Gasteiger partial charge in [-0.2, -0.15) is 0 Å². The summed E-state index contributed by atoms with van der Waals surface area (Å²) < 4.78 is 0. The molecule has 0 fully saturated rings. The van der Waals surface area contributed by atoms with Crippen molar-refractivity contribution in [2.75, 3.05) is 5.32 Å². The van der Waals surface area contributed by atoms with E-state index in [1.54, 1.807) is 0 Å². The maximum absolute atomic E-state index is 3.79. The Bertz CT molecular complexity index is 603. The molecule has 0 amide bonds. The standard InChI is InChI=1S/C17H19N/c1-3-9-16-14(4-2)10-8-13-17(16)18-15-11-6-5-7-12-15/h3-4,6,8-13,18H,1,5,7H2,2H3/b14-4-,16-9+. The zero-order chi connectivity index (χ0) is 12.8. The molecule has 0 spiro atoms. The minimum Gasteiger partial charge on any atom is -0.355 e. The molecule has 1 aromatic carbocycles. The Morgan fingerprint density at radius 2 is 2.17 bits per heavy atom. The minimum atomic E-state index is 1.11. The second kappa shape index (κ2) is 6.06. The molecule has 0 aliphatic heterocycles. The van der Waals surface area contributed by atoms with Gasteiger partial charge in [-0.05, 0) is 37.1 Å². The van der Waals surface area contributed by atoms with Crippen LogP contribution in [0.3, 0.4) is 0 Å². The Labute approximate surface area is 109 Å². The summed E-state index contributed by atoms with van der Waals surface area (Å²) in [5.41, 5.74) is 2.30. The van der Waals surface area contributed by atoms with Crippen molar-refractivity contribution >= 4 is 17.8 Å². The maximum Gasteiger partial charge on any atom is 0.0463 e. The third-order valence-corrected chi connectivity index (χ3v) is 3.01. The number of rotatable bonds is 3. The van der Waals surface area contributed by atoms with E-state index >= 15 is 0 Å². The van der Waals surface area contributed by atoms with Crippen LogP contribution in [0.5, 0.6) is 0 Å². The van der Waals surface area contributed by atoms with Crippen LogP contribution in [-0.4, -0.2) is 0 Å². The number of anilines is 1. The molecule has 0 unspecified atom stereocenters. The van der Waals surface area contributed by atoms with E-state index < -0.39 is 0 Å². The Balaban J connectivity index is 2.45. The van der Waals surface area contributed by atoms with Crippen LogP contribution in [0.4, 0.5) is 5.69 Å². The molecule has 1 aromatic rings. The quantitative estimate of drug-likeness (QED) is 0.852. The molecular weight excluding hydrogens is 218 g/mol. The summed E-state index contributed by atoms with van der Waals surface area (Å²) >= 11 is 0. The zero-order valence-electron chi connectivity index (χ0n) is 10.8. The van der Waals surface area contributed by atoms with E-state index in [1.165, 1.54) is 16.1 Å². The molecule has 0 saturated carbocycles. The van der Waals surface area contributed by atoms with Gasteiger partial charge < -0.3 is 5.32 Å². The average Bonchev–Trinajstić information content (AvgIpc) is 2.42. The van der Waals surface area contributed by atoms with Gasteiger partial charge in [-0.15, -0.1) is 0 Å². The van der Waals surface area contributed by atoms with Crippen LogP contribution in [-0.2, 0) is 0 Å². The van der Waals surface area contributed by atoms with Crippen LogP contribution in [0.15, 0.2) is 54.8 Å². The van der Waals surface area contributed by atoms with Crippen LogP contribution in [0.1, 0.15) is 19.8 Å². The van der Waals surface area contributed by atoms with E-state index in [9.17, 15) is 0 Å². The fourth-order valence-electron chi connectivity index (χ4n) is 2.11. The summed E-state index contributed by atoms with van der Waals surface area (Å²) in [4.78, 5) is 0. The highest BCUT2D eigenvalue weighted by atomic mass is 14.9. The van der Waals surface area contributed by atoms with Gasteiger partial charge in [-0.3, -0.25) is 0 Å². The van der Waals surface area contributed by atoms with Crippen LogP contribution < -0.4 is 15.8 Å². The second-order valence-corrected chi connectivity index (χ2v) is 4.26. The average molecular weight is 237 g/mol. The molecule has 0 bridgehead atoms. The largest absolute Gasteiger partial charge is 0.355 e. The third-order valence-electron chi connectivity index (χ3n) is 3.01. The summed E-state index contributed by atoms with van der Waals surface area (Å²) in [6.07, 6.45) is 14.8. The fraction of sp³-hybridized carbons (Fsp3) is 0.176. The van der Waals surface area contributed by atoms with Crippen molar-refractivity contribution in [3.8, 4) is 0 Å². The SMILES string of the molecule is C=C/C=c1/c(NC2=CCCC=C2)ccc/c1=C/C. The van der Waals surface area contributed by atoms with Gasteiger partial charge in [-0.1, -0.05) is 49.1 Å². The van der Waals surface area contributed by atoms with E-state index in [1.807, 2.05) is 12.2 Å². The van der Waals surface area contributed by atoms with E-state index in [0.29, 0.717) is 0 Å². The minimum absolute atomic E-state index is 1.11. The molecule has 1 nitrogen and oxygen atoms in total. The lowest BCUT2D eigenvalue weighted by atomic mass is 10.1. The van der Waals surface area contributed by atoms with E-state index in [2.05, 4.69) is 61.3 Å². The summed E-state index contributed by atoms with van der Waals surface area (Å²) in [5, 5.41) is 5.90. The van der Waals surface area contributed by atoms with Crippen LogP contribution in [0.2, 0.25) is 0 Å². The second-order valence-electron chi connectivity index (χ2n) is 4.26. The van der Waals surface area contributed by atoms with Crippen molar-refractivity contribution in [1.82, 2.24) is 0 Å². The highest BCUT2D eigenvalue weighted by molar-refractivity contribution is 5.58. The van der Waals surface area contributed by atoms with E-state index in [-0.39, 0.29) is 0 Å². The molecule has 0 aromatic heterocycles. The molecule has 2 rings (SSSR count). The summed E-state index contributed by atoms with van der Waals surface area (Å²) in [7, 11) is 0. The first-order chi connectivity index (χ1) is 8.85. The normalized spacial score (nSPS) is 16.6. The van der Waals surface area contributed by atoms with Crippen LogP contribution >= 0.6 is 0 Å². The van der Waals surface area contributed by atoms with Crippen LogP contribution in [0, 0.1) is 0 Å². The lowest BCUT2D eigenvalue weighted by Crippen LogP contribution is -2.27. The monoisotopic (exact) mass is 237 g/mol. The van der Waals surface area contributed by atoms with Crippen molar-refractivity contribution in [3.63, 3.8) is 0 Å².